The molecule has 5 heteroatoms. The maximum atomic E-state index is 5.00. The quantitative estimate of drug-likeness (QED) is 0.524. The average Bonchev–Trinajstić information content (AvgIpc) is 2.40. The second-order valence-corrected chi connectivity index (χ2v) is 4.53. The molecule has 0 spiro atoms. The van der Waals surface area contributed by atoms with Crippen molar-refractivity contribution in [2.45, 2.75) is 13.8 Å². The van der Waals surface area contributed by atoms with Gasteiger partial charge >= 0.3 is 62.0 Å². The summed E-state index contributed by atoms with van der Waals surface area (Å²) in [5.74, 6) is 0. The van der Waals surface area contributed by atoms with Crippen molar-refractivity contribution in [3.8, 4) is 0 Å². The maximum absolute atomic E-state index is 5.00. The summed E-state index contributed by atoms with van der Waals surface area (Å²) in [7, 11) is 0. The monoisotopic (exact) mass is 206 g/mol. The Morgan fingerprint density at radius 3 is 2.00 bits per heavy atom. The molecule has 4 nitrogen and oxygen atoms in total. The van der Waals surface area contributed by atoms with Gasteiger partial charge in [-0.2, -0.15) is 0 Å². The molecule has 0 unspecified atom stereocenters. The molecule has 2 aliphatic rings. The molecule has 54 valence electrons. The van der Waals surface area contributed by atoms with Gasteiger partial charge in [0, 0.05) is 0 Å². The van der Waals surface area contributed by atoms with Crippen molar-refractivity contribution in [2.75, 3.05) is 0 Å². The van der Waals surface area contributed by atoms with Gasteiger partial charge in [-0.3, -0.25) is 0 Å². The van der Waals surface area contributed by atoms with Gasteiger partial charge in [0.25, 0.3) is 0 Å². The zero-order chi connectivity index (χ0) is 7.14. The fraction of sp³-hybridized carbons (Fsp3) is 0.400. The normalized spacial score (nSPS) is 23.2. The second-order valence-electron chi connectivity index (χ2n) is 2.07. The molecule has 0 N–H and O–H groups in total. The van der Waals surface area contributed by atoms with Crippen molar-refractivity contribution >= 4 is 30.0 Å². The predicted molar refractivity (Wildman–Crippen MR) is 39.1 cm³/mol. The van der Waals surface area contributed by atoms with Gasteiger partial charge < -0.3 is 0 Å². The summed E-state index contributed by atoms with van der Waals surface area (Å²) in [6, 6.07) is 0. The molecular weight excluding hydrogens is 199 g/mol. The van der Waals surface area contributed by atoms with Crippen LogP contribution in [0, 0.1) is 0 Å². The van der Waals surface area contributed by atoms with Crippen LogP contribution in [0.4, 0.5) is 0 Å². The molecule has 0 saturated heterocycles. The molecule has 0 saturated carbocycles. The van der Waals surface area contributed by atoms with Gasteiger partial charge in [0.15, 0.2) is 0 Å². The summed E-state index contributed by atoms with van der Waals surface area (Å²) >= 11 is -1.52. The number of hydrogen-bond acceptors (Lipinski definition) is 4. The van der Waals surface area contributed by atoms with Crippen LogP contribution >= 0.6 is 0 Å². The minimum atomic E-state index is -1.52. The first-order valence-corrected chi connectivity index (χ1v) is 5.11. The van der Waals surface area contributed by atoms with Crippen molar-refractivity contribution in [3.05, 3.63) is 0 Å². The first kappa shape index (κ1) is 6.07. The van der Waals surface area contributed by atoms with Crippen LogP contribution in [0.5, 0.6) is 0 Å². The van der Waals surface area contributed by atoms with E-state index in [-0.39, 0.29) is 0 Å². The molecule has 10 heavy (non-hydrogen) atoms. The van der Waals surface area contributed by atoms with Crippen LogP contribution in [0.2, 0.25) is 0 Å². The van der Waals surface area contributed by atoms with Crippen LogP contribution < -0.4 is 0 Å². The molecular formula is C5H6N2O2Se. The van der Waals surface area contributed by atoms with Crippen LogP contribution in [-0.4, -0.2) is 30.0 Å². The molecule has 0 aliphatic carbocycles. The van der Waals surface area contributed by atoms with E-state index >= 15 is 0 Å². The first-order valence-electron chi connectivity index (χ1n) is 2.85. The second kappa shape index (κ2) is 1.90. The summed E-state index contributed by atoms with van der Waals surface area (Å²) in [6.45, 7) is 3.82. The Labute approximate surface area is 62.6 Å². The topological polar surface area (TPSA) is 43.2 Å². The van der Waals surface area contributed by atoms with Crippen molar-refractivity contribution in [3.63, 3.8) is 0 Å². The predicted octanol–water partition coefficient (Wildman–Crippen LogP) is 0.0409. The van der Waals surface area contributed by atoms with Gasteiger partial charge in [-0.05, 0) is 0 Å². The first-order chi connectivity index (χ1) is 4.79. The Bertz CT molecular complexity index is 253. The molecule has 0 atom stereocenters. The third kappa shape index (κ3) is 0.645. The summed E-state index contributed by atoms with van der Waals surface area (Å²) in [6.07, 6.45) is 0. The van der Waals surface area contributed by atoms with Crippen molar-refractivity contribution in [1.29, 1.82) is 0 Å². The van der Waals surface area contributed by atoms with Gasteiger partial charge in [-0.1, -0.05) is 0 Å². The molecule has 0 aromatic heterocycles. The van der Waals surface area contributed by atoms with E-state index in [9.17, 15) is 0 Å². The zero-order valence-corrected chi connectivity index (χ0v) is 7.33. The summed E-state index contributed by atoms with van der Waals surface area (Å²) < 4.78 is 11.1. The average molecular weight is 205 g/mol. The molecule has 2 rings (SSSR count). The van der Waals surface area contributed by atoms with E-state index in [1.54, 1.807) is 0 Å². The molecule has 2 heterocycles. The molecule has 0 aromatic carbocycles. The van der Waals surface area contributed by atoms with E-state index in [2.05, 4.69) is 10.3 Å². The van der Waals surface area contributed by atoms with E-state index in [1.807, 2.05) is 13.8 Å². The van der Waals surface area contributed by atoms with E-state index in [1.165, 1.54) is 0 Å². The summed E-state index contributed by atoms with van der Waals surface area (Å²) in [5.41, 5.74) is 1.84. The van der Waals surface area contributed by atoms with E-state index < -0.39 is 14.1 Å². The summed E-state index contributed by atoms with van der Waals surface area (Å²) in [5, 5.41) is 7.60. The van der Waals surface area contributed by atoms with Crippen LogP contribution in [-0.2, 0) is 7.84 Å². The van der Waals surface area contributed by atoms with E-state index in [0.29, 0.717) is 0 Å². The Morgan fingerprint density at radius 2 is 1.60 bits per heavy atom. The molecule has 0 amide bonds. The Kier molecular flexibility index (Phi) is 1.16. The van der Waals surface area contributed by atoms with Gasteiger partial charge in [-0.15, -0.1) is 0 Å². The van der Waals surface area contributed by atoms with Crippen molar-refractivity contribution in [2.24, 2.45) is 10.3 Å². The van der Waals surface area contributed by atoms with Crippen LogP contribution in [0.3, 0.4) is 0 Å². The summed E-state index contributed by atoms with van der Waals surface area (Å²) in [4.78, 5) is 0. The van der Waals surface area contributed by atoms with Crippen LogP contribution in [0.15, 0.2) is 10.3 Å². The molecule has 0 aromatic rings. The van der Waals surface area contributed by atoms with E-state index in [4.69, 9.17) is 7.84 Å². The Hall–Kier alpha value is -0.671. The van der Waals surface area contributed by atoms with Crippen LogP contribution in [0.1, 0.15) is 13.8 Å². The van der Waals surface area contributed by atoms with Crippen LogP contribution in [0.25, 0.3) is 0 Å². The molecule has 0 radical (unpaired) electrons. The Balaban J connectivity index is 2.46. The number of nitrogens with zero attached hydrogens (tertiary/aromatic N) is 2. The Morgan fingerprint density at radius 1 is 1.10 bits per heavy atom. The van der Waals surface area contributed by atoms with Crippen molar-refractivity contribution < 1.29 is 7.84 Å². The third-order valence-corrected chi connectivity index (χ3v) is 4.13. The molecule has 0 fully saturated rings. The minimum absolute atomic E-state index is 0.920. The standard InChI is InChI=1S/C5H6N2O2Se/c1-3-5-4(2)7-9-10(5)8-6-3/h1-2H3. The van der Waals surface area contributed by atoms with Gasteiger partial charge in [0.05, 0.1) is 0 Å². The number of rotatable bonds is 0. The molecule has 2 aliphatic heterocycles. The fourth-order valence-corrected chi connectivity index (χ4v) is 3.15. The van der Waals surface area contributed by atoms with Gasteiger partial charge in [0.1, 0.15) is 0 Å². The van der Waals surface area contributed by atoms with Crippen molar-refractivity contribution in [1.82, 2.24) is 0 Å². The third-order valence-electron chi connectivity index (χ3n) is 1.31. The fourth-order valence-electron chi connectivity index (χ4n) is 0.854. The zero-order valence-electron chi connectivity index (χ0n) is 5.62. The van der Waals surface area contributed by atoms with Gasteiger partial charge in [-0.25, -0.2) is 0 Å². The van der Waals surface area contributed by atoms with E-state index in [0.717, 1.165) is 15.8 Å². The molecule has 0 bridgehead atoms. The number of oxime groups is 2. The van der Waals surface area contributed by atoms with Gasteiger partial charge in [0.2, 0.25) is 0 Å². The number of hydrogen-bond donors (Lipinski definition) is 0. The SMILES string of the molecule is CC1=NO[Se]2=C1C(C)=NO2.